The SMILES string of the molecule is COc1cc(C(=O)c2nc3ccccc3cc2-c2cccnc2OC)cc(OC)c1OC. The van der Waals surface area contributed by atoms with Crippen LogP contribution in [0.2, 0.25) is 0 Å². The monoisotopic (exact) mass is 430 g/mol. The topological polar surface area (TPSA) is 79.8 Å². The van der Waals surface area contributed by atoms with Crippen LogP contribution in [0.4, 0.5) is 0 Å². The van der Waals surface area contributed by atoms with E-state index in [1.807, 2.05) is 36.4 Å². The Morgan fingerprint density at radius 2 is 1.50 bits per heavy atom. The number of hydrogen-bond acceptors (Lipinski definition) is 7. The van der Waals surface area contributed by atoms with Gasteiger partial charge in [-0.2, -0.15) is 0 Å². The second-order valence-corrected chi connectivity index (χ2v) is 6.88. The summed E-state index contributed by atoms with van der Waals surface area (Å²) in [5.41, 5.74) is 2.61. The molecule has 0 aliphatic rings. The molecule has 2 aromatic heterocycles. The Bertz CT molecular complexity index is 1280. The smallest absolute Gasteiger partial charge is 0.221 e. The summed E-state index contributed by atoms with van der Waals surface area (Å²) in [5, 5.41) is 0.898. The molecular weight excluding hydrogens is 408 g/mol. The molecule has 0 amide bonds. The molecule has 7 heteroatoms. The summed E-state index contributed by atoms with van der Waals surface area (Å²) in [6.07, 6.45) is 1.64. The molecule has 0 fully saturated rings. The van der Waals surface area contributed by atoms with Gasteiger partial charge in [-0.25, -0.2) is 9.97 Å². The predicted molar refractivity (Wildman–Crippen MR) is 121 cm³/mol. The van der Waals surface area contributed by atoms with Crippen LogP contribution in [0.25, 0.3) is 22.0 Å². The van der Waals surface area contributed by atoms with Crippen molar-refractivity contribution in [2.24, 2.45) is 0 Å². The molecule has 0 atom stereocenters. The van der Waals surface area contributed by atoms with E-state index in [2.05, 4.69) is 4.98 Å². The highest BCUT2D eigenvalue weighted by Gasteiger charge is 2.23. The normalized spacial score (nSPS) is 10.6. The number of benzene rings is 2. The molecule has 162 valence electrons. The predicted octanol–water partition coefficient (Wildman–Crippen LogP) is 4.56. The van der Waals surface area contributed by atoms with E-state index in [-0.39, 0.29) is 11.5 Å². The number of methoxy groups -OCH3 is 4. The molecule has 0 saturated heterocycles. The van der Waals surface area contributed by atoms with Crippen LogP contribution in [0.5, 0.6) is 23.1 Å². The van der Waals surface area contributed by atoms with Crippen molar-refractivity contribution in [3.05, 3.63) is 72.1 Å². The Hall–Kier alpha value is -4.13. The third kappa shape index (κ3) is 3.69. The summed E-state index contributed by atoms with van der Waals surface area (Å²) in [4.78, 5) is 22.7. The number of pyridine rings is 2. The maximum atomic E-state index is 13.7. The third-order valence-corrected chi connectivity index (χ3v) is 5.12. The number of fused-ring (bicyclic) bond motifs is 1. The van der Waals surface area contributed by atoms with Gasteiger partial charge in [-0.1, -0.05) is 18.2 Å². The minimum absolute atomic E-state index is 0.268. The average Bonchev–Trinajstić information content (AvgIpc) is 2.86. The Morgan fingerprint density at radius 3 is 2.16 bits per heavy atom. The van der Waals surface area contributed by atoms with Gasteiger partial charge in [-0.15, -0.1) is 0 Å². The molecule has 32 heavy (non-hydrogen) atoms. The van der Waals surface area contributed by atoms with Crippen LogP contribution in [0.3, 0.4) is 0 Å². The fourth-order valence-corrected chi connectivity index (χ4v) is 3.60. The lowest BCUT2D eigenvalue weighted by molar-refractivity contribution is 0.103. The van der Waals surface area contributed by atoms with Crippen molar-refractivity contribution in [2.75, 3.05) is 28.4 Å². The summed E-state index contributed by atoms with van der Waals surface area (Å²) in [6.45, 7) is 0. The zero-order valence-electron chi connectivity index (χ0n) is 18.2. The van der Waals surface area contributed by atoms with E-state index in [0.29, 0.717) is 45.3 Å². The highest BCUT2D eigenvalue weighted by molar-refractivity contribution is 6.13. The van der Waals surface area contributed by atoms with E-state index in [9.17, 15) is 4.79 Å². The molecular formula is C25H22N2O5. The maximum absolute atomic E-state index is 13.7. The zero-order valence-corrected chi connectivity index (χ0v) is 18.2. The Balaban J connectivity index is 1.97. The average molecular weight is 430 g/mol. The number of carbonyl (C=O) groups is 1. The summed E-state index contributed by atoms with van der Waals surface area (Å²) >= 11 is 0. The molecule has 0 spiro atoms. The van der Waals surface area contributed by atoms with Crippen LogP contribution in [0.1, 0.15) is 16.1 Å². The van der Waals surface area contributed by atoms with Gasteiger partial charge in [0.1, 0.15) is 5.69 Å². The van der Waals surface area contributed by atoms with Crippen molar-refractivity contribution in [1.29, 1.82) is 0 Å². The molecule has 0 bridgehead atoms. The molecule has 0 N–H and O–H groups in total. The first-order valence-corrected chi connectivity index (χ1v) is 9.85. The van der Waals surface area contributed by atoms with E-state index in [1.165, 1.54) is 21.3 Å². The lowest BCUT2D eigenvalue weighted by Gasteiger charge is -2.15. The minimum Gasteiger partial charge on any atom is -0.493 e. The number of ether oxygens (including phenoxy) is 4. The lowest BCUT2D eigenvalue weighted by Crippen LogP contribution is -2.09. The first-order valence-electron chi connectivity index (χ1n) is 9.85. The number of para-hydroxylation sites is 1. The molecule has 4 aromatic rings. The van der Waals surface area contributed by atoms with Crippen LogP contribution < -0.4 is 18.9 Å². The first kappa shape index (κ1) is 21.1. The van der Waals surface area contributed by atoms with Gasteiger partial charge in [0.05, 0.1) is 34.0 Å². The lowest BCUT2D eigenvalue weighted by atomic mass is 9.96. The first-order chi connectivity index (χ1) is 15.6. The molecule has 2 heterocycles. The number of hydrogen-bond donors (Lipinski definition) is 0. The van der Waals surface area contributed by atoms with Gasteiger partial charge in [0.15, 0.2) is 11.5 Å². The van der Waals surface area contributed by atoms with Crippen LogP contribution >= 0.6 is 0 Å². The molecule has 0 saturated carbocycles. The van der Waals surface area contributed by atoms with Gasteiger partial charge in [0.2, 0.25) is 17.4 Å². The van der Waals surface area contributed by atoms with Crippen molar-refractivity contribution in [3.63, 3.8) is 0 Å². The van der Waals surface area contributed by atoms with Crippen LogP contribution in [0, 0.1) is 0 Å². The number of aromatic nitrogens is 2. The standard InChI is InChI=1S/C25H22N2O5/c1-29-20-13-16(14-21(30-2)24(20)31-3)23(28)22-18(17-9-7-11-26-25(17)32-4)12-15-8-5-6-10-19(15)27-22/h5-14H,1-4H3. The summed E-state index contributed by atoms with van der Waals surface area (Å²) in [6, 6.07) is 16.4. The number of ketones is 1. The Labute approximate surface area is 185 Å². The second kappa shape index (κ2) is 8.93. The van der Waals surface area contributed by atoms with Gasteiger partial charge in [0.25, 0.3) is 0 Å². The van der Waals surface area contributed by atoms with Gasteiger partial charge < -0.3 is 18.9 Å². The number of carbonyl (C=O) groups excluding carboxylic acids is 1. The van der Waals surface area contributed by atoms with Crippen LogP contribution in [0.15, 0.2) is 60.8 Å². The van der Waals surface area contributed by atoms with Gasteiger partial charge in [-0.05, 0) is 36.4 Å². The molecule has 0 aliphatic heterocycles. The minimum atomic E-state index is -0.295. The summed E-state index contributed by atoms with van der Waals surface area (Å²) in [7, 11) is 6.07. The second-order valence-electron chi connectivity index (χ2n) is 6.88. The molecule has 0 radical (unpaired) electrons. The Morgan fingerprint density at radius 1 is 0.781 bits per heavy atom. The van der Waals surface area contributed by atoms with E-state index < -0.39 is 0 Å². The highest BCUT2D eigenvalue weighted by atomic mass is 16.5. The molecule has 0 aliphatic carbocycles. The summed E-state index contributed by atoms with van der Waals surface area (Å²) in [5.74, 6) is 1.29. The highest BCUT2D eigenvalue weighted by Crippen LogP contribution is 2.40. The number of rotatable bonds is 7. The van der Waals surface area contributed by atoms with E-state index in [4.69, 9.17) is 23.9 Å². The van der Waals surface area contributed by atoms with E-state index in [1.54, 1.807) is 31.5 Å². The maximum Gasteiger partial charge on any atom is 0.221 e. The van der Waals surface area contributed by atoms with Gasteiger partial charge in [0, 0.05) is 28.3 Å². The summed E-state index contributed by atoms with van der Waals surface area (Å²) < 4.78 is 21.7. The van der Waals surface area contributed by atoms with Crippen LogP contribution in [-0.2, 0) is 0 Å². The van der Waals surface area contributed by atoms with E-state index in [0.717, 1.165) is 5.39 Å². The van der Waals surface area contributed by atoms with Gasteiger partial charge in [-0.3, -0.25) is 4.79 Å². The van der Waals surface area contributed by atoms with Crippen molar-refractivity contribution in [3.8, 4) is 34.3 Å². The van der Waals surface area contributed by atoms with E-state index >= 15 is 0 Å². The fourth-order valence-electron chi connectivity index (χ4n) is 3.60. The van der Waals surface area contributed by atoms with Crippen molar-refractivity contribution >= 4 is 16.7 Å². The third-order valence-electron chi connectivity index (χ3n) is 5.12. The number of nitrogens with zero attached hydrogens (tertiary/aromatic N) is 2. The van der Waals surface area contributed by atoms with Crippen molar-refractivity contribution in [2.45, 2.75) is 0 Å². The van der Waals surface area contributed by atoms with Crippen molar-refractivity contribution < 1.29 is 23.7 Å². The molecule has 7 nitrogen and oxygen atoms in total. The molecule has 0 unspecified atom stereocenters. The fraction of sp³-hybridized carbons (Fsp3) is 0.160. The molecule has 2 aromatic carbocycles. The zero-order chi connectivity index (χ0) is 22.7. The Kier molecular flexibility index (Phi) is 5.89. The van der Waals surface area contributed by atoms with Crippen LogP contribution in [-0.4, -0.2) is 44.2 Å². The van der Waals surface area contributed by atoms with Crippen molar-refractivity contribution in [1.82, 2.24) is 9.97 Å². The quantitative estimate of drug-likeness (QED) is 0.398. The largest absolute Gasteiger partial charge is 0.493 e. The van der Waals surface area contributed by atoms with Gasteiger partial charge >= 0.3 is 0 Å². The molecule has 4 rings (SSSR count).